The van der Waals surface area contributed by atoms with Crippen molar-refractivity contribution in [3.8, 4) is 0 Å². The molecule has 4 rings (SSSR count). The lowest BCUT2D eigenvalue weighted by atomic mass is 9.96. The molecule has 3 aromatic rings. The molecule has 1 aliphatic rings. The van der Waals surface area contributed by atoms with Crippen LogP contribution in [0.25, 0.3) is 10.2 Å². The minimum Gasteiger partial charge on any atom is -0.308 e. The van der Waals surface area contributed by atoms with E-state index in [9.17, 15) is 13.2 Å². The van der Waals surface area contributed by atoms with E-state index in [-0.39, 0.29) is 24.2 Å². The van der Waals surface area contributed by atoms with Crippen molar-refractivity contribution in [1.29, 1.82) is 0 Å². The smallest absolute Gasteiger partial charge is 0.252 e. The molecule has 0 radical (unpaired) electrons. The number of thiophene rings is 1. The van der Waals surface area contributed by atoms with Gasteiger partial charge in [-0.2, -0.15) is 4.31 Å². The van der Waals surface area contributed by atoms with Gasteiger partial charge in [-0.3, -0.25) is 9.69 Å². The number of nitrogens with zero attached hydrogens (tertiary/aromatic N) is 4. The van der Waals surface area contributed by atoms with E-state index in [1.165, 1.54) is 21.2 Å². The summed E-state index contributed by atoms with van der Waals surface area (Å²) in [5, 5.41) is 2.49. The Balaban J connectivity index is 0.00000324. The molecular weight excluding hydrogens is 512 g/mol. The zero-order valence-corrected chi connectivity index (χ0v) is 23.1. The molecule has 1 amide bonds. The maximum atomic E-state index is 13.6. The molecule has 3 heterocycles. The number of aryl methyl sites for hydroxylation is 2. The van der Waals surface area contributed by atoms with Crippen LogP contribution in [0.1, 0.15) is 24.0 Å². The van der Waals surface area contributed by atoms with E-state index in [4.69, 9.17) is 4.98 Å². The Labute approximate surface area is 215 Å². The third-order valence-electron chi connectivity index (χ3n) is 6.23. The van der Waals surface area contributed by atoms with Gasteiger partial charge in [-0.25, -0.2) is 13.4 Å². The highest BCUT2D eigenvalue weighted by molar-refractivity contribution is 7.91. The number of likely N-dealkylation sites (N-methyl/N-ethyl adjacent to an activating group) is 1. The van der Waals surface area contributed by atoms with Crippen LogP contribution in [0.3, 0.4) is 0 Å². The van der Waals surface area contributed by atoms with Gasteiger partial charge in [0.1, 0.15) is 4.21 Å². The normalized spacial score (nSPS) is 15.6. The van der Waals surface area contributed by atoms with Crippen LogP contribution >= 0.6 is 35.1 Å². The van der Waals surface area contributed by atoms with E-state index in [1.807, 2.05) is 19.0 Å². The lowest BCUT2D eigenvalue weighted by Crippen LogP contribution is -2.45. The number of amides is 1. The van der Waals surface area contributed by atoms with Gasteiger partial charge < -0.3 is 4.90 Å². The second-order valence-electron chi connectivity index (χ2n) is 8.75. The molecule has 0 unspecified atom stereocenters. The quantitative estimate of drug-likeness (QED) is 0.442. The van der Waals surface area contributed by atoms with E-state index < -0.39 is 10.0 Å². The Morgan fingerprint density at radius 3 is 2.47 bits per heavy atom. The maximum absolute atomic E-state index is 13.6. The number of anilines is 1. The van der Waals surface area contributed by atoms with Gasteiger partial charge in [0.25, 0.3) is 10.0 Å². The van der Waals surface area contributed by atoms with Crippen LogP contribution < -0.4 is 4.90 Å². The number of hydrogen-bond donors (Lipinski definition) is 0. The standard InChI is InChI=1S/C23H30N4O3S3.ClH/c1-16-7-8-19-21(17(16)2)24-23(32-19)27(14-13-25(3)4)22(28)18-9-11-26(12-10-18)33(29,30)20-6-5-15-31-20;/h5-8,15,18H,9-14H2,1-4H3;1H. The minimum absolute atomic E-state index is 0. The SMILES string of the molecule is Cc1ccc2sc(N(CCN(C)C)C(=O)C3CCN(S(=O)(=O)c4cccs4)CC3)nc2c1C.Cl. The van der Waals surface area contributed by atoms with Crippen molar-refractivity contribution in [3.05, 3.63) is 40.8 Å². The number of hydrogen-bond acceptors (Lipinski definition) is 7. The number of fused-ring (bicyclic) bond motifs is 1. The summed E-state index contributed by atoms with van der Waals surface area (Å²) in [5.74, 6) is -0.171. The summed E-state index contributed by atoms with van der Waals surface area (Å²) >= 11 is 2.78. The number of halogens is 1. The minimum atomic E-state index is -3.48. The Bertz CT molecular complexity index is 1230. The maximum Gasteiger partial charge on any atom is 0.252 e. The van der Waals surface area contributed by atoms with Crippen LogP contribution in [0, 0.1) is 19.8 Å². The highest BCUT2D eigenvalue weighted by Crippen LogP contribution is 2.34. The van der Waals surface area contributed by atoms with Gasteiger partial charge in [-0.05, 0) is 69.4 Å². The summed E-state index contributed by atoms with van der Waals surface area (Å²) in [4.78, 5) is 22.4. The fourth-order valence-corrected chi connectivity index (χ4v) is 7.70. The molecule has 2 aromatic heterocycles. The fourth-order valence-electron chi connectivity index (χ4n) is 4.03. The molecule has 1 aromatic carbocycles. The van der Waals surface area contributed by atoms with E-state index in [1.54, 1.807) is 28.8 Å². The molecular formula is C23H31ClN4O3S3. The zero-order valence-electron chi connectivity index (χ0n) is 19.9. The highest BCUT2D eigenvalue weighted by Gasteiger charge is 2.35. The number of carbonyl (C=O) groups excluding carboxylic acids is 1. The Kier molecular flexibility index (Phi) is 8.75. The topological polar surface area (TPSA) is 73.8 Å². The number of rotatable bonds is 7. The largest absolute Gasteiger partial charge is 0.308 e. The third-order valence-corrected chi connectivity index (χ3v) is 10.5. The summed E-state index contributed by atoms with van der Waals surface area (Å²) in [5.41, 5.74) is 3.28. The zero-order chi connectivity index (χ0) is 23.8. The third kappa shape index (κ3) is 5.47. The van der Waals surface area contributed by atoms with E-state index in [2.05, 4.69) is 30.9 Å². The van der Waals surface area contributed by atoms with Crippen molar-refractivity contribution in [2.24, 2.45) is 5.92 Å². The number of carbonyl (C=O) groups is 1. The van der Waals surface area contributed by atoms with Crippen LogP contribution in [0.5, 0.6) is 0 Å². The molecule has 1 aliphatic heterocycles. The van der Waals surface area contributed by atoms with E-state index in [0.29, 0.717) is 36.7 Å². The summed E-state index contributed by atoms with van der Waals surface area (Å²) < 4.78 is 28.6. The number of aromatic nitrogens is 1. The molecule has 0 aliphatic carbocycles. The van der Waals surface area contributed by atoms with Gasteiger partial charge >= 0.3 is 0 Å². The first-order valence-corrected chi connectivity index (χ1v) is 14.2. The van der Waals surface area contributed by atoms with Gasteiger partial charge in [0.2, 0.25) is 5.91 Å². The van der Waals surface area contributed by atoms with Crippen molar-refractivity contribution in [1.82, 2.24) is 14.2 Å². The molecule has 34 heavy (non-hydrogen) atoms. The van der Waals surface area contributed by atoms with Crippen molar-refractivity contribution >= 4 is 66.4 Å². The molecule has 0 bridgehead atoms. The molecule has 1 saturated heterocycles. The second kappa shape index (κ2) is 11.0. The summed E-state index contributed by atoms with van der Waals surface area (Å²) in [6, 6.07) is 7.55. The first-order chi connectivity index (χ1) is 15.7. The highest BCUT2D eigenvalue weighted by atomic mass is 35.5. The summed E-state index contributed by atoms with van der Waals surface area (Å²) in [7, 11) is 0.499. The molecule has 7 nitrogen and oxygen atoms in total. The number of piperidine rings is 1. The fraction of sp³-hybridized carbons (Fsp3) is 0.478. The first kappa shape index (κ1) is 27.0. The molecule has 0 N–H and O–H groups in total. The van der Waals surface area contributed by atoms with Crippen LogP contribution in [0.15, 0.2) is 33.9 Å². The van der Waals surface area contributed by atoms with Crippen LogP contribution in [-0.2, 0) is 14.8 Å². The van der Waals surface area contributed by atoms with E-state index in [0.717, 1.165) is 27.5 Å². The predicted octanol–water partition coefficient (Wildman–Crippen LogP) is 4.39. The molecule has 186 valence electrons. The van der Waals surface area contributed by atoms with E-state index >= 15 is 0 Å². The Hall–Kier alpha value is -1.56. The second-order valence-corrected chi connectivity index (χ2v) is 12.9. The van der Waals surface area contributed by atoms with Gasteiger partial charge in [0, 0.05) is 32.1 Å². The number of benzene rings is 1. The molecule has 0 atom stereocenters. The monoisotopic (exact) mass is 542 g/mol. The van der Waals surface area contributed by atoms with Crippen molar-refractivity contribution in [2.75, 3.05) is 45.2 Å². The lowest BCUT2D eigenvalue weighted by molar-refractivity contribution is -0.123. The summed E-state index contributed by atoms with van der Waals surface area (Å²) in [6.45, 7) is 6.13. The Morgan fingerprint density at radius 2 is 1.85 bits per heavy atom. The molecule has 11 heteroatoms. The lowest BCUT2D eigenvalue weighted by Gasteiger charge is -2.33. The van der Waals surface area contributed by atoms with Gasteiger partial charge in [0.05, 0.1) is 10.2 Å². The van der Waals surface area contributed by atoms with Gasteiger partial charge in [-0.1, -0.05) is 23.5 Å². The van der Waals surface area contributed by atoms with Crippen molar-refractivity contribution in [2.45, 2.75) is 30.9 Å². The first-order valence-electron chi connectivity index (χ1n) is 11.0. The van der Waals surface area contributed by atoms with Crippen molar-refractivity contribution in [3.63, 3.8) is 0 Å². The van der Waals surface area contributed by atoms with Crippen LogP contribution in [-0.4, -0.2) is 68.8 Å². The summed E-state index contributed by atoms with van der Waals surface area (Å²) in [6.07, 6.45) is 1.04. The predicted molar refractivity (Wildman–Crippen MR) is 143 cm³/mol. The van der Waals surface area contributed by atoms with Crippen LogP contribution in [0.4, 0.5) is 5.13 Å². The van der Waals surface area contributed by atoms with Gasteiger partial charge in [-0.15, -0.1) is 23.7 Å². The van der Waals surface area contributed by atoms with Crippen molar-refractivity contribution < 1.29 is 13.2 Å². The average Bonchev–Trinajstić information content (AvgIpc) is 3.47. The Morgan fingerprint density at radius 1 is 1.15 bits per heavy atom. The number of thiazole rings is 1. The average molecular weight is 543 g/mol. The van der Waals surface area contributed by atoms with Crippen LogP contribution in [0.2, 0.25) is 0 Å². The molecule has 0 spiro atoms. The van der Waals surface area contributed by atoms with Gasteiger partial charge in [0.15, 0.2) is 5.13 Å². The number of sulfonamides is 1. The molecule has 0 saturated carbocycles. The molecule has 1 fully saturated rings.